The van der Waals surface area contributed by atoms with E-state index in [4.69, 9.17) is 4.74 Å². The second kappa shape index (κ2) is 4.81. The Labute approximate surface area is 103 Å². The summed E-state index contributed by atoms with van der Waals surface area (Å²) in [6, 6.07) is 3.18. The van der Waals surface area contributed by atoms with Gasteiger partial charge in [-0.3, -0.25) is 0 Å². The smallest absolute Gasteiger partial charge is 0.198 e. The zero-order valence-corrected chi connectivity index (χ0v) is 11.0. The molecular weight excluding hydrogens is 294 g/mol. The van der Waals surface area contributed by atoms with Gasteiger partial charge in [-0.2, -0.15) is 0 Å². The molecule has 1 aliphatic heterocycles. The van der Waals surface area contributed by atoms with Gasteiger partial charge in [0.2, 0.25) is 0 Å². The number of sulfone groups is 1. The lowest BCUT2D eigenvalue weighted by molar-refractivity contribution is 0.127. The highest BCUT2D eigenvalue weighted by molar-refractivity contribution is 9.10. The average molecular weight is 306 g/mol. The van der Waals surface area contributed by atoms with E-state index in [0.717, 1.165) is 17.3 Å². The highest BCUT2D eigenvalue weighted by atomic mass is 79.9. The predicted molar refractivity (Wildman–Crippen MR) is 63.0 cm³/mol. The molecule has 4 nitrogen and oxygen atoms in total. The van der Waals surface area contributed by atoms with Crippen molar-refractivity contribution in [3.8, 4) is 0 Å². The van der Waals surface area contributed by atoms with Gasteiger partial charge < -0.3 is 4.74 Å². The van der Waals surface area contributed by atoms with Crippen LogP contribution < -0.4 is 0 Å². The van der Waals surface area contributed by atoms with Gasteiger partial charge >= 0.3 is 0 Å². The summed E-state index contributed by atoms with van der Waals surface area (Å²) in [6.45, 7) is 0.661. The van der Waals surface area contributed by atoms with Gasteiger partial charge in [0.15, 0.2) is 14.9 Å². The molecule has 1 aromatic heterocycles. The largest absolute Gasteiger partial charge is 0.377 e. The van der Waals surface area contributed by atoms with Crippen molar-refractivity contribution in [3.05, 3.63) is 22.8 Å². The molecule has 0 spiro atoms. The summed E-state index contributed by atoms with van der Waals surface area (Å²) in [7, 11) is -3.32. The third kappa shape index (κ3) is 2.81. The summed E-state index contributed by atoms with van der Waals surface area (Å²) in [5, 5.41) is 0.117. The maximum atomic E-state index is 11.9. The topological polar surface area (TPSA) is 56.3 Å². The number of pyridine rings is 1. The van der Waals surface area contributed by atoms with Crippen LogP contribution in [0.5, 0.6) is 0 Å². The van der Waals surface area contributed by atoms with E-state index in [1.165, 1.54) is 12.3 Å². The van der Waals surface area contributed by atoms with Crippen molar-refractivity contribution in [3.63, 3.8) is 0 Å². The van der Waals surface area contributed by atoms with Crippen molar-refractivity contribution in [2.45, 2.75) is 24.0 Å². The van der Waals surface area contributed by atoms with Crippen LogP contribution in [0.4, 0.5) is 0 Å². The fourth-order valence-corrected chi connectivity index (χ4v) is 3.30. The van der Waals surface area contributed by atoms with Crippen LogP contribution in [0, 0.1) is 0 Å². The van der Waals surface area contributed by atoms with Crippen LogP contribution in [0.15, 0.2) is 27.8 Å². The van der Waals surface area contributed by atoms with Crippen LogP contribution in [0.25, 0.3) is 0 Å². The van der Waals surface area contributed by atoms with E-state index in [2.05, 4.69) is 20.9 Å². The Morgan fingerprint density at radius 1 is 1.50 bits per heavy atom. The molecule has 2 heterocycles. The molecular formula is C10H12BrNO3S. The Kier molecular flexibility index (Phi) is 3.61. The maximum Gasteiger partial charge on any atom is 0.198 e. The molecule has 0 amide bonds. The monoisotopic (exact) mass is 305 g/mol. The molecule has 2 rings (SSSR count). The number of rotatable bonds is 3. The van der Waals surface area contributed by atoms with E-state index in [1.54, 1.807) is 6.07 Å². The van der Waals surface area contributed by atoms with Crippen LogP contribution in [0.1, 0.15) is 12.8 Å². The Balaban J connectivity index is 2.14. The fourth-order valence-electron chi connectivity index (χ4n) is 1.65. The molecule has 1 atom stereocenters. The molecule has 0 bridgehead atoms. The van der Waals surface area contributed by atoms with Gasteiger partial charge in [-0.1, -0.05) is 0 Å². The Bertz CT molecular complexity index is 451. The molecule has 0 radical (unpaired) electrons. The van der Waals surface area contributed by atoms with Gasteiger partial charge in [-0.15, -0.1) is 0 Å². The van der Waals surface area contributed by atoms with Crippen LogP contribution in [-0.4, -0.2) is 31.9 Å². The lowest BCUT2D eigenvalue weighted by Gasteiger charge is -2.09. The standard InChI is InChI=1S/C10H12BrNO3S/c11-8-3-4-10(12-6-8)16(13,14)7-9-2-1-5-15-9/h3-4,6,9H,1-2,5,7H2/t9-/m0/s1. The summed E-state index contributed by atoms with van der Waals surface area (Å²) in [5.74, 6) is 0.0294. The minimum atomic E-state index is -3.32. The Morgan fingerprint density at radius 3 is 2.88 bits per heavy atom. The molecule has 1 saturated heterocycles. The second-order valence-electron chi connectivity index (χ2n) is 3.73. The first-order valence-corrected chi connectivity index (χ1v) is 7.48. The zero-order valence-electron chi connectivity index (χ0n) is 8.60. The highest BCUT2D eigenvalue weighted by Gasteiger charge is 2.25. The van der Waals surface area contributed by atoms with Crippen molar-refractivity contribution >= 4 is 25.8 Å². The van der Waals surface area contributed by atoms with Crippen molar-refractivity contribution < 1.29 is 13.2 Å². The molecule has 1 fully saturated rings. The molecule has 0 aromatic carbocycles. The number of nitrogens with zero attached hydrogens (tertiary/aromatic N) is 1. The first kappa shape index (κ1) is 12.0. The van der Waals surface area contributed by atoms with Crippen LogP contribution in [0.2, 0.25) is 0 Å². The minimum absolute atomic E-state index is 0.0294. The maximum absolute atomic E-state index is 11.9. The summed E-state index contributed by atoms with van der Waals surface area (Å²) in [4.78, 5) is 3.90. The van der Waals surface area contributed by atoms with Crippen LogP contribution >= 0.6 is 15.9 Å². The van der Waals surface area contributed by atoms with E-state index in [0.29, 0.717) is 6.61 Å². The van der Waals surface area contributed by atoms with Crippen LogP contribution in [0.3, 0.4) is 0 Å². The third-order valence-corrected chi connectivity index (χ3v) is 4.61. The number of hydrogen-bond acceptors (Lipinski definition) is 4. The van der Waals surface area contributed by atoms with Gasteiger partial charge in [0.05, 0.1) is 11.9 Å². The minimum Gasteiger partial charge on any atom is -0.377 e. The highest BCUT2D eigenvalue weighted by Crippen LogP contribution is 2.18. The number of aromatic nitrogens is 1. The van der Waals surface area contributed by atoms with Crippen molar-refractivity contribution in [2.24, 2.45) is 0 Å². The van der Waals surface area contributed by atoms with E-state index in [-0.39, 0.29) is 16.9 Å². The molecule has 6 heteroatoms. The lowest BCUT2D eigenvalue weighted by atomic mass is 10.3. The van der Waals surface area contributed by atoms with Gasteiger partial charge in [0.1, 0.15) is 0 Å². The summed E-state index contributed by atoms with van der Waals surface area (Å²) >= 11 is 3.22. The second-order valence-corrected chi connectivity index (χ2v) is 6.63. The van der Waals surface area contributed by atoms with Crippen LogP contribution in [-0.2, 0) is 14.6 Å². The van der Waals surface area contributed by atoms with Gasteiger partial charge in [0, 0.05) is 17.3 Å². The first-order valence-electron chi connectivity index (χ1n) is 5.04. The summed E-state index contributed by atoms with van der Waals surface area (Å²) in [6.07, 6.45) is 3.07. The lowest BCUT2D eigenvalue weighted by Crippen LogP contribution is -2.20. The van der Waals surface area contributed by atoms with E-state index >= 15 is 0 Å². The van der Waals surface area contributed by atoms with Gasteiger partial charge in [0.25, 0.3) is 0 Å². The molecule has 0 unspecified atom stereocenters. The number of halogens is 1. The molecule has 1 aromatic rings. The van der Waals surface area contributed by atoms with Crippen molar-refractivity contribution in [2.75, 3.05) is 12.4 Å². The van der Waals surface area contributed by atoms with Crippen molar-refractivity contribution in [1.82, 2.24) is 4.98 Å². The molecule has 88 valence electrons. The van der Waals surface area contributed by atoms with E-state index in [1.807, 2.05) is 0 Å². The quantitative estimate of drug-likeness (QED) is 0.854. The molecule has 0 aliphatic carbocycles. The molecule has 16 heavy (non-hydrogen) atoms. The Hall–Kier alpha value is -0.460. The Morgan fingerprint density at radius 2 is 2.31 bits per heavy atom. The molecule has 1 aliphatic rings. The summed E-state index contributed by atoms with van der Waals surface area (Å²) in [5.41, 5.74) is 0. The first-order chi connectivity index (χ1) is 7.58. The average Bonchev–Trinajstić information content (AvgIpc) is 2.70. The third-order valence-electron chi connectivity index (χ3n) is 2.45. The van der Waals surface area contributed by atoms with Gasteiger partial charge in [-0.25, -0.2) is 13.4 Å². The zero-order chi connectivity index (χ0) is 11.6. The molecule has 0 N–H and O–H groups in total. The molecule has 0 saturated carbocycles. The predicted octanol–water partition coefficient (Wildman–Crippen LogP) is 1.80. The van der Waals surface area contributed by atoms with E-state index in [9.17, 15) is 8.42 Å². The van der Waals surface area contributed by atoms with Gasteiger partial charge in [-0.05, 0) is 40.9 Å². The number of hydrogen-bond donors (Lipinski definition) is 0. The SMILES string of the molecule is O=S(=O)(C[C@@H]1CCCO1)c1ccc(Br)cn1. The normalized spacial score (nSPS) is 21.2. The number of ether oxygens (including phenoxy) is 1. The fraction of sp³-hybridized carbons (Fsp3) is 0.500. The van der Waals surface area contributed by atoms with Crippen molar-refractivity contribution in [1.29, 1.82) is 0 Å². The van der Waals surface area contributed by atoms with E-state index < -0.39 is 9.84 Å². The summed E-state index contributed by atoms with van der Waals surface area (Å²) < 4.78 is 30.0.